The van der Waals surface area contributed by atoms with E-state index < -0.39 is 0 Å². The molecule has 35 heavy (non-hydrogen) atoms. The van der Waals surface area contributed by atoms with Gasteiger partial charge in [0.05, 0.1) is 57.0 Å². The zero-order chi connectivity index (χ0) is 23.8. The fraction of sp³-hybridized carbons (Fsp3) is 0.296. The summed E-state index contributed by atoms with van der Waals surface area (Å²) in [6.45, 7) is 3.91. The van der Waals surface area contributed by atoms with E-state index in [0.29, 0.717) is 32.1 Å². The summed E-state index contributed by atoms with van der Waals surface area (Å²) in [5.74, 6) is 1.44. The van der Waals surface area contributed by atoms with E-state index in [2.05, 4.69) is 23.1 Å². The summed E-state index contributed by atoms with van der Waals surface area (Å²) in [7, 11) is 1.65. The molecule has 0 radical (unpaired) electrons. The largest absolute Gasteiger partial charge is 0.497 e. The van der Waals surface area contributed by atoms with Crippen LogP contribution in [-0.4, -0.2) is 61.7 Å². The van der Waals surface area contributed by atoms with Gasteiger partial charge >= 0.3 is 6.03 Å². The summed E-state index contributed by atoms with van der Waals surface area (Å²) < 4.78 is 10.8. The molecule has 0 N–H and O–H groups in total. The molecule has 1 aromatic heterocycles. The summed E-state index contributed by atoms with van der Waals surface area (Å²) in [5, 5.41) is 0. The molecule has 3 aliphatic heterocycles. The van der Waals surface area contributed by atoms with Gasteiger partial charge in [-0.25, -0.2) is 9.78 Å². The van der Waals surface area contributed by atoms with E-state index in [1.54, 1.807) is 12.0 Å². The van der Waals surface area contributed by atoms with Crippen LogP contribution in [0.15, 0.2) is 71.9 Å². The van der Waals surface area contributed by atoms with Gasteiger partial charge in [0.15, 0.2) is 5.84 Å². The van der Waals surface area contributed by atoms with Crippen LogP contribution in [0.1, 0.15) is 22.9 Å². The summed E-state index contributed by atoms with van der Waals surface area (Å²) in [6.07, 6.45) is 1.89. The molecular weight excluding hydrogens is 442 g/mol. The first kappa shape index (κ1) is 21.6. The first-order valence-electron chi connectivity index (χ1n) is 11.9. The number of urea groups is 1. The summed E-state index contributed by atoms with van der Waals surface area (Å²) in [5.41, 5.74) is 4.63. The van der Waals surface area contributed by atoms with E-state index in [9.17, 15) is 4.79 Å². The zero-order valence-corrected chi connectivity index (χ0v) is 19.6. The number of hydrogen-bond donors (Lipinski definition) is 0. The number of aromatic nitrogens is 1. The van der Waals surface area contributed by atoms with Gasteiger partial charge in [-0.15, -0.1) is 0 Å². The number of benzene rings is 2. The first-order valence-corrected chi connectivity index (χ1v) is 11.9. The predicted molar refractivity (Wildman–Crippen MR) is 134 cm³/mol. The monoisotopic (exact) mass is 469 g/mol. The number of amides is 2. The van der Waals surface area contributed by atoms with Crippen molar-refractivity contribution in [2.75, 3.05) is 49.8 Å². The van der Waals surface area contributed by atoms with Crippen molar-refractivity contribution in [3.63, 3.8) is 0 Å². The van der Waals surface area contributed by atoms with Gasteiger partial charge < -0.3 is 14.4 Å². The van der Waals surface area contributed by atoms with Crippen LogP contribution in [0.3, 0.4) is 0 Å². The normalized spacial score (nSPS) is 19.3. The number of methoxy groups -OCH3 is 1. The van der Waals surface area contributed by atoms with Gasteiger partial charge in [0, 0.05) is 13.1 Å². The molecule has 4 heterocycles. The number of fused-ring (bicyclic) bond motifs is 3. The van der Waals surface area contributed by atoms with Crippen molar-refractivity contribution in [2.45, 2.75) is 12.6 Å². The molecule has 0 saturated carbocycles. The topological polar surface area (TPSA) is 70.5 Å². The van der Waals surface area contributed by atoms with E-state index >= 15 is 0 Å². The van der Waals surface area contributed by atoms with Crippen molar-refractivity contribution in [1.29, 1.82) is 0 Å². The molecule has 1 unspecified atom stereocenters. The standard InChI is InChI=1S/C27H27N5O3/c1-34-22-9-7-19(8-10-22)17-31-24-15-21(30-11-13-35-14-12-30)16-28-25(24)26-29-23(18-32(26)27(31)33)20-5-3-2-4-6-20/h2-10,15-16,23H,11-14,17-18H2,1H3. The fourth-order valence-corrected chi connectivity index (χ4v) is 4.86. The third-order valence-electron chi connectivity index (χ3n) is 6.77. The molecule has 0 spiro atoms. The lowest BCUT2D eigenvalue weighted by molar-refractivity contribution is 0.122. The highest BCUT2D eigenvalue weighted by Crippen LogP contribution is 2.37. The second-order valence-corrected chi connectivity index (χ2v) is 8.87. The highest BCUT2D eigenvalue weighted by Gasteiger charge is 2.41. The van der Waals surface area contributed by atoms with Crippen LogP contribution in [0, 0.1) is 0 Å². The smallest absolute Gasteiger partial charge is 0.330 e. The molecule has 8 heteroatoms. The number of aliphatic imine (C=N–C) groups is 1. The Balaban J connectivity index is 1.40. The lowest BCUT2D eigenvalue weighted by atomic mass is 10.1. The maximum absolute atomic E-state index is 13.8. The molecule has 3 aromatic rings. The highest BCUT2D eigenvalue weighted by atomic mass is 16.5. The molecule has 3 aliphatic rings. The Morgan fingerprint density at radius 2 is 1.83 bits per heavy atom. The number of carbonyl (C=O) groups excluding carboxylic acids is 1. The first-order chi connectivity index (χ1) is 17.2. The third kappa shape index (κ3) is 4.00. The van der Waals surface area contributed by atoms with Crippen LogP contribution in [0.2, 0.25) is 0 Å². The Labute approximate surface area is 204 Å². The summed E-state index contributed by atoms with van der Waals surface area (Å²) >= 11 is 0. The molecule has 178 valence electrons. The minimum atomic E-state index is -0.107. The van der Waals surface area contributed by atoms with Gasteiger partial charge in [0.1, 0.15) is 11.4 Å². The van der Waals surface area contributed by atoms with Gasteiger partial charge in [-0.05, 0) is 29.3 Å². The van der Waals surface area contributed by atoms with Gasteiger partial charge in [-0.3, -0.25) is 14.8 Å². The number of amidine groups is 1. The molecule has 1 saturated heterocycles. The Kier molecular flexibility index (Phi) is 5.58. The third-order valence-corrected chi connectivity index (χ3v) is 6.77. The number of rotatable bonds is 5. The van der Waals surface area contributed by atoms with Gasteiger partial charge in [0.25, 0.3) is 0 Å². The van der Waals surface area contributed by atoms with Crippen LogP contribution < -0.4 is 14.5 Å². The van der Waals surface area contributed by atoms with E-state index in [0.717, 1.165) is 47.0 Å². The van der Waals surface area contributed by atoms with Crippen molar-refractivity contribution >= 4 is 23.2 Å². The van der Waals surface area contributed by atoms with Crippen molar-refractivity contribution in [3.05, 3.63) is 83.7 Å². The van der Waals surface area contributed by atoms with Crippen molar-refractivity contribution < 1.29 is 14.3 Å². The number of ether oxygens (including phenoxy) is 2. The van der Waals surface area contributed by atoms with Crippen LogP contribution in [0.25, 0.3) is 0 Å². The minimum Gasteiger partial charge on any atom is -0.497 e. The van der Waals surface area contributed by atoms with Crippen molar-refractivity contribution in [2.24, 2.45) is 4.99 Å². The number of hydrogen-bond acceptors (Lipinski definition) is 6. The molecule has 6 rings (SSSR count). The molecule has 1 atom stereocenters. The predicted octanol–water partition coefficient (Wildman–Crippen LogP) is 3.87. The molecule has 0 aliphatic carbocycles. The Bertz CT molecular complexity index is 1260. The van der Waals surface area contributed by atoms with E-state index in [1.165, 1.54) is 0 Å². The lowest BCUT2D eigenvalue weighted by Crippen LogP contribution is -2.50. The number of anilines is 2. The Morgan fingerprint density at radius 3 is 2.57 bits per heavy atom. The SMILES string of the molecule is COc1ccc(CN2C(=O)N3CC(c4ccccc4)N=C3c3ncc(N4CCOCC4)cc32)cc1. The average molecular weight is 470 g/mol. The lowest BCUT2D eigenvalue weighted by Gasteiger charge is -2.36. The van der Waals surface area contributed by atoms with Gasteiger partial charge in [-0.1, -0.05) is 42.5 Å². The van der Waals surface area contributed by atoms with Crippen LogP contribution in [0.4, 0.5) is 16.2 Å². The fourth-order valence-electron chi connectivity index (χ4n) is 4.86. The maximum Gasteiger partial charge on any atom is 0.330 e. The zero-order valence-electron chi connectivity index (χ0n) is 19.6. The number of nitrogens with zero attached hydrogens (tertiary/aromatic N) is 5. The van der Waals surface area contributed by atoms with Gasteiger partial charge in [-0.2, -0.15) is 0 Å². The maximum atomic E-state index is 13.8. The van der Waals surface area contributed by atoms with E-state index in [1.807, 2.05) is 53.6 Å². The number of morpholine rings is 1. The molecular formula is C27H27N5O3. The second-order valence-electron chi connectivity index (χ2n) is 8.87. The van der Waals surface area contributed by atoms with Crippen LogP contribution in [0.5, 0.6) is 5.75 Å². The second kappa shape index (κ2) is 9.03. The van der Waals surface area contributed by atoms with Crippen molar-refractivity contribution in [1.82, 2.24) is 9.88 Å². The quantitative estimate of drug-likeness (QED) is 0.567. The molecule has 2 amide bonds. The average Bonchev–Trinajstić information content (AvgIpc) is 3.38. The Morgan fingerprint density at radius 1 is 1.06 bits per heavy atom. The number of pyridine rings is 1. The highest BCUT2D eigenvalue weighted by molar-refractivity contribution is 6.19. The molecule has 0 bridgehead atoms. The van der Waals surface area contributed by atoms with Crippen molar-refractivity contribution in [3.8, 4) is 5.75 Å². The van der Waals surface area contributed by atoms with Gasteiger partial charge in [0.2, 0.25) is 0 Å². The molecule has 8 nitrogen and oxygen atoms in total. The van der Waals surface area contributed by atoms with E-state index in [4.69, 9.17) is 19.5 Å². The summed E-state index contributed by atoms with van der Waals surface area (Å²) in [4.78, 5) is 29.5. The molecule has 2 aromatic carbocycles. The van der Waals surface area contributed by atoms with E-state index in [-0.39, 0.29) is 12.1 Å². The Hall–Kier alpha value is -3.91. The minimum absolute atomic E-state index is 0.0774. The summed E-state index contributed by atoms with van der Waals surface area (Å²) in [6, 6.07) is 19.8. The number of carbonyl (C=O) groups is 1. The van der Waals surface area contributed by atoms with Crippen LogP contribution >= 0.6 is 0 Å². The van der Waals surface area contributed by atoms with Crippen LogP contribution in [-0.2, 0) is 11.3 Å². The molecule has 1 fully saturated rings.